The zero-order valence-electron chi connectivity index (χ0n) is 11.6. The average Bonchev–Trinajstić information content (AvgIpc) is 2.57. The molecule has 0 aliphatic carbocycles. The normalized spacial score (nSPS) is 21.3. The monoisotopic (exact) mass is 242 g/mol. The third kappa shape index (κ3) is 4.28. The first kappa shape index (κ1) is 14.5. The maximum absolute atomic E-state index is 12.1. The van der Waals surface area contributed by atoms with Crippen LogP contribution in [0.3, 0.4) is 0 Å². The maximum atomic E-state index is 12.1. The summed E-state index contributed by atoms with van der Waals surface area (Å²) in [6, 6.07) is 0.0207. The Hall–Kier alpha value is -0.610. The fourth-order valence-corrected chi connectivity index (χ4v) is 2.27. The largest absolute Gasteiger partial charge is 0.374 e. The van der Waals surface area contributed by atoms with Crippen LogP contribution >= 0.6 is 0 Å². The summed E-state index contributed by atoms with van der Waals surface area (Å²) in [4.78, 5) is 14.0. The molecule has 0 aromatic heterocycles. The lowest BCUT2D eigenvalue weighted by atomic mass is 10.1. The van der Waals surface area contributed by atoms with Crippen LogP contribution in [0.1, 0.15) is 47.0 Å². The van der Waals surface area contributed by atoms with Gasteiger partial charge in [0.25, 0.3) is 0 Å². The number of carbonyl (C=O) groups is 1. The third-order valence-corrected chi connectivity index (χ3v) is 3.09. The SMILES string of the molecule is CCCCC1NCN(CC(C)(C)OCC)C1=O. The molecule has 0 spiro atoms. The molecule has 1 rings (SSSR count). The van der Waals surface area contributed by atoms with Crippen molar-refractivity contribution < 1.29 is 9.53 Å². The minimum absolute atomic E-state index is 0.0207. The van der Waals surface area contributed by atoms with Gasteiger partial charge in [0.2, 0.25) is 5.91 Å². The second-order valence-corrected chi connectivity index (χ2v) is 5.29. The Labute approximate surface area is 105 Å². The Morgan fingerprint density at radius 2 is 2.18 bits per heavy atom. The van der Waals surface area contributed by atoms with E-state index in [0.29, 0.717) is 19.8 Å². The van der Waals surface area contributed by atoms with E-state index < -0.39 is 0 Å². The number of carbonyl (C=O) groups excluding carboxylic acids is 1. The van der Waals surface area contributed by atoms with E-state index in [1.807, 2.05) is 25.7 Å². The Morgan fingerprint density at radius 1 is 1.47 bits per heavy atom. The highest BCUT2D eigenvalue weighted by Gasteiger charge is 2.34. The molecule has 1 fully saturated rings. The molecule has 1 aliphatic rings. The van der Waals surface area contributed by atoms with Gasteiger partial charge in [0.1, 0.15) is 0 Å². The van der Waals surface area contributed by atoms with Crippen LogP contribution < -0.4 is 5.32 Å². The zero-order valence-corrected chi connectivity index (χ0v) is 11.6. The minimum Gasteiger partial charge on any atom is -0.374 e. The highest BCUT2D eigenvalue weighted by molar-refractivity contribution is 5.83. The van der Waals surface area contributed by atoms with Crippen molar-refractivity contribution in [1.82, 2.24) is 10.2 Å². The molecule has 1 N–H and O–H groups in total. The quantitative estimate of drug-likeness (QED) is 0.739. The average molecular weight is 242 g/mol. The standard InChI is InChI=1S/C13H26N2O2/c1-5-7-8-11-12(16)15(10-14-11)9-13(3,4)17-6-2/h11,14H,5-10H2,1-4H3. The summed E-state index contributed by atoms with van der Waals surface area (Å²) in [7, 11) is 0. The van der Waals surface area contributed by atoms with Gasteiger partial charge >= 0.3 is 0 Å². The molecule has 4 nitrogen and oxygen atoms in total. The van der Waals surface area contributed by atoms with Crippen LogP contribution in [-0.4, -0.2) is 42.3 Å². The van der Waals surface area contributed by atoms with E-state index in [1.54, 1.807) is 0 Å². The number of nitrogens with zero attached hydrogens (tertiary/aromatic N) is 1. The van der Waals surface area contributed by atoms with Gasteiger partial charge in [-0.2, -0.15) is 0 Å². The number of rotatable bonds is 7. The number of hydrogen-bond donors (Lipinski definition) is 1. The van der Waals surface area contributed by atoms with E-state index in [0.717, 1.165) is 19.3 Å². The maximum Gasteiger partial charge on any atom is 0.240 e. The highest BCUT2D eigenvalue weighted by Crippen LogP contribution is 2.16. The lowest BCUT2D eigenvalue weighted by Crippen LogP contribution is -2.42. The molecule has 1 heterocycles. The summed E-state index contributed by atoms with van der Waals surface area (Å²) in [6.07, 6.45) is 3.18. The van der Waals surface area contributed by atoms with Crippen LogP contribution in [0.4, 0.5) is 0 Å². The van der Waals surface area contributed by atoms with E-state index in [4.69, 9.17) is 4.74 Å². The second-order valence-electron chi connectivity index (χ2n) is 5.29. The van der Waals surface area contributed by atoms with Crippen molar-refractivity contribution in [3.63, 3.8) is 0 Å². The van der Waals surface area contributed by atoms with Crippen LogP contribution in [0.5, 0.6) is 0 Å². The fraction of sp³-hybridized carbons (Fsp3) is 0.923. The Kier molecular flexibility index (Phi) is 5.40. The molecular weight excluding hydrogens is 216 g/mol. The van der Waals surface area contributed by atoms with Gasteiger partial charge in [0, 0.05) is 6.61 Å². The van der Waals surface area contributed by atoms with Crippen molar-refractivity contribution in [2.45, 2.75) is 58.6 Å². The molecule has 0 saturated carbocycles. The molecule has 1 unspecified atom stereocenters. The van der Waals surface area contributed by atoms with Crippen molar-refractivity contribution >= 4 is 5.91 Å². The number of hydrogen-bond acceptors (Lipinski definition) is 3. The first-order valence-corrected chi connectivity index (χ1v) is 6.66. The predicted octanol–water partition coefficient (Wildman–Crippen LogP) is 1.75. The summed E-state index contributed by atoms with van der Waals surface area (Å²) >= 11 is 0. The summed E-state index contributed by atoms with van der Waals surface area (Å²) in [5.41, 5.74) is -0.258. The predicted molar refractivity (Wildman–Crippen MR) is 68.7 cm³/mol. The van der Waals surface area contributed by atoms with Crippen LogP contribution in [0.2, 0.25) is 0 Å². The smallest absolute Gasteiger partial charge is 0.240 e. The van der Waals surface area contributed by atoms with Crippen LogP contribution in [0.25, 0.3) is 0 Å². The molecule has 1 saturated heterocycles. The van der Waals surface area contributed by atoms with Crippen LogP contribution in [0, 0.1) is 0 Å². The van der Waals surface area contributed by atoms with Gasteiger partial charge in [-0.1, -0.05) is 19.8 Å². The van der Waals surface area contributed by atoms with Gasteiger partial charge in [0.05, 0.1) is 24.9 Å². The molecular formula is C13H26N2O2. The highest BCUT2D eigenvalue weighted by atomic mass is 16.5. The fourth-order valence-electron chi connectivity index (χ4n) is 2.27. The third-order valence-electron chi connectivity index (χ3n) is 3.09. The molecule has 1 aliphatic heterocycles. The molecule has 4 heteroatoms. The molecule has 1 amide bonds. The molecule has 100 valence electrons. The summed E-state index contributed by atoms with van der Waals surface area (Å²) in [5.74, 6) is 0.228. The molecule has 0 bridgehead atoms. The first-order chi connectivity index (χ1) is 8.00. The topological polar surface area (TPSA) is 41.6 Å². The summed E-state index contributed by atoms with van der Waals surface area (Å²) in [5, 5.41) is 3.28. The molecule has 1 atom stereocenters. The van der Waals surface area contributed by atoms with E-state index in [9.17, 15) is 4.79 Å². The number of nitrogens with one attached hydrogen (secondary N) is 1. The van der Waals surface area contributed by atoms with Crippen molar-refractivity contribution in [2.24, 2.45) is 0 Å². The first-order valence-electron chi connectivity index (χ1n) is 6.66. The minimum atomic E-state index is -0.258. The van der Waals surface area contributed by atoms with E-state index >= 15 is 0 Å². The molecule has 0 aromatic carbocycles. The van der Waals surface area contributed by atoms with E-state index in [1.165, 1.54) is 0 Å². The van der Waals surface area contributed by atoms with Gasteiger partial charge in [-0.25, -0.2) is 0 Å². The number of amides is 1. The van der Waals surface area contributed by atoms with Crippen LogP contribution in [0.15, 0.2) is 0 Å². The Balaban J connectivity index is 2.44. The lowest BCUT2D eigenvalue weighted by Gasteiger charge is -2.29. The van der Waals surface area contributed by atoms with E-state index in [2.05, 4.69) is 12.2 Å². The number of unbranched alkanes of at least 4 members (excludes halogenated alkanes) is 1. The molecule has 0 aromatic rings. The Morgan fingerprint density at radius 3 is 2.76 bits per heavy atom. The van der Waals surface area contributed by atoms with Crippen LogP contribution in [-0.2, 0) is 9.53 Å². The summed E-state index contributed by atoms with van der Waals surface area (Å²) in [6.45, 7) is 10.2. The van der Waals surface area contributed by atoms with Crippen molar-refractivity contribution in [2.75, 3.05) is 19.8 Å². The lowest BCUT2D eigenvalue weighted by molar-refractivity contribution is -0.132. The van der Waals surface area contributed by atoms with Crippen molar-refractivity contribution in [1.29, 1.82) is 0 Å². The van der Waals surface area contributed by atoms with Crippen molar-refractivity contribution in [3.8, 4) is 0 Å². The summed E-state index contributed by atoms with van der Waals surface area (Å²) < 4.78 is 5.63. The molecule has 0 radical (unpaired) electrons. The van der Waals surface area contributed by atoms with Gasteiger partial charge in [-0.15, -0.1) is 0 Å². The van der Waals surface area contributed by atoms with Gasteiger partial charge < -0.3 is 9.64 Å². The van der Waals surface area contributed by atoms with Gasteiger partial charge in [-0.3, -0.25) is 10.1 Å². The number of ether oxygens (including phenoxy) is 1. The Bertz CT molecular complexity index is 254. The van der Waals surface area contributed by atoms with E-state index in [-0.39, 0.29) is 17.6 Å². The molecule has 17 heavy (non-hydrogen) atoms. The van der Waals surface area contributed by atoms with Gasteiger partial charge in [0.15, 0.2) is 0 Å². The second kappa shape index (κ2) is 6.36. The van der Waals surface area contributed by atoms with Crippen molar-refractivity contribution in [3.05, 3.63) is 0 Å². The zero-order chi connectivity index (χ0) is 12.9. The van der Waals surface area contributed by atoms with Gasteiger partial charge in [-0.05, 0) is 27.2 Å².